The summed E-state index contributed by atoms with van der Waals surface area (Å²) in [5, 5.41) is 19.4. The van der Waals surface area contributed by atoms with Crippen LogP contribution in [0.4, 0.5) is 13.2 Å². The summed E-state index contributed by atoms with van der Waals surface area (Å²) in [6, 6.07) is 10.2. The zero-order valence-corrected chi connectivity index (χ0v) is 18.6. The minimum atomic E-state index is -4.74. The van der Waals surface area contributed by atoms with Gasteiger partial charge in [0.2, 0.25) is 0 Å². The highest BCUT2D eigenvalue weighted by atomic mass is 19.4. The quantitative estimate of drug-likeness (QED) is 0.479. The number of carbonyl (C=O) groups is 1. The molecule has 0 saturated carbocycles. The van der Waals surface area contributed by atoms with E-state index in [1.807, 2.05) is 6.92 Å². The second-order valence-electron chi connectivity index (χ2n) is 8.88. The number of carbonyl (C=O) groups excluding carboxylic acids is 1. The van der Waals surface area contributed by atoms with Crippen molar-refractivity contribution in [3.05, 3.63) is 53.6 Å². The van der Waals surface area contributed by atoms with Crippen molar-refractivity contribution in [1.82, 2.24) is 4.90 Å². The molecule has 0 amide bonds. The number of halogens is 3. The topological polar surface area (TPSA) is 70.0 Å². The SMILES string of the molecule is CC(CC(=O)Cc1ccc(OC(F)(F)F)cc1)C(Cc1ccc(O)c(O)c1)CN1CCCC1. The molecule has 0 aliphatic carbocycles. The van der Waals surface area contributed by atoms with Crippen molar-refractivity contribution in [2.75, 3.05) is 19.6 Å². The van der Waals surface area contributed by atoms with Gasteiger partial charge in [-0.2, -0.15) is 0 Å². The summed E-state index contributed by atoms with van der Waals surface area (Å²) in [6.07, 6.45) is -1.26. The molecule has 2 atom stereocenters. The fraction of sp³-hybridized carbons (Fsp3) is 0.480. The number of hydrogen-bond acceptors (Lipinski definition) is 5. The fourth-order valence-electron chi connectivity index (χ4n) is 4.38. The van der Waals surface area contributed by atoms with Crippen molar-refractivity contribution >= 4 is 5.78 Å². The summed E-state index contributed by atoms with van der Waals surface area (Å²) in [7, 11) is 0. The summed E-state index contributed by atoms with van der Waals surface area (Å²) in [4.78, 5) is 15.1. The Bertz CT molecular complexity index is 924. The smallest absolute Gasteiger partial charge is 0.504 e. The standard InChI is InChI=1S/C25H30F3NO4/c1-17(12-21(30)14-18-4-7-22(8-5-18)33-25(26,27)28)20(16-29-10-2-3-11-29)13-19-6-9-23(31)24(32)15-19/h4-9,15,17,20,31-32H,2-3,10-14,16H2,1H3. The number of benzene rings is 2. The summed E-state index contributed by atoms with van der Waals surface area (Å²) in [6.45, 7) is 4.95. The lowest BCUT2D eigenvalue weighted by Crippen LogP contribution is -2.32. The van der Waals surface area contributed by atoms with E-state index >= 15 is 0 Å². The fourth-order valence-corrected chi connectivity index (χ4v) is 4.38. The zero-order valence-electron chi connectivity index (χ0n) is 18.6. The molecule has 33 heavy (non-hydrogen) atoms. The molecule has 2 N–H and O–H groups in total. The van der Waals surface area contributed by atoms with Crippen molar-refractivity contribution in [3.8, 4) is 17.2 Å². The number of ether oxygens (including phenoxy) is 1. The van der Waals surface area contributed by atoms with Crippen LogP contribution < -0.4 is 4.74 Å². The van der Waals surface area contributed by atoms with E-state index in [9.17, 15) is 28.2 Å². The highest BCUT2D eigenvalue weighted by Gasteiger charge is 2.31. The summed E-state index contributed by atoms with van der Waals surface area (Å²) >= 11 is 0. The molecule has 1 aliphatic rings. The molecule has 0 spiro atoms. The highest BCUT2D eigenvalue weighted by molar-refractivity contribution is 5.81. The molecule has 2 aromatic rings. The van der Waals surface area contributed by atoms with E-state index in [1.165, 1.54) is 30.3 Å². The Morgan fingerprint density at radius 2 is 1.67 bits per heavy atom. The van der Waals surface area contributed by atoms with Crippen molar-refractivity contribution in [2.24, 2.45) is 11.8 Å². The number of alkyl halides is 3. The van der Waals surface area contributed by atoms with Gasteiger partial charge in [-0.1, -0.05) is 25.1 Å². The minimum absolute atomic E-state index is 0.0203. The molecule has 180 valence electrons. The van der Waals surface area contributed by atoms with E-state index in [0.717, 1.165) is 38.0 Å². The van der Waals surface area contributed by atoms with E-state index in [4.69, 9.17) is 0 Å². The van der Waals surface area contributed by atoms with Crippen molar-refractivity contribution in [2.45, 2.75) is 45.4 Å². The molecule has 5 nitrogen and oxygen atoms in total. The first-order valence-electron chi connectivity index (χ1n) is 11.2. The second kappa shape index (κ2) is 10.9. The van der Waals surface area contributed by atoms with Crippen LogP contribution in [0.5, 0.6) is 17.2 Å². The maximum absolute atomic E-state index is 12.7. The largest absolute Gasteiger partial charge is 0.573 e. The number of likely N-dealkylation sites (tertiary alicyclic amines) is 1. The van der Waals surface area contributed by atoms with Crippen LogP contribution in [0, 0.1) is 11.8 Å². The third-order valence-electron chi connectivity index (χ3n) is 6.14. The van der Waals surface area contributed by atoms with E-state index < -0.39 is 6.36 Å². The molecule has 2 unspecified atom stereocenters. The predicted octanol–water partition coefficient (Wildman–Crippen LogP) is 5.09. The molecule has 1 aliphatic heterocycles. The Labute approximate surface area is 191 Å². The van der Waals surface area contributed by atoms with Crippen LogP contribution in [0.3, 0.4) is 0 Å². The maximum Gasteiger partial charge on any atom is 0.573 e. The number of ketones is 1. The van der Waals surface area contributed by atoms with Crippen LogP contribution >= 0.6 is 0 Å². The van der Waals surface area contributed by atoms with Crippen LogP contribution in [0.15, 0.2) is 42.5 Å². The number of aromatic hydroxyl groups is 2. The van der Waals surface area contributed by atoms with Gasteiger partial charge in [-0.25, -0.2) is 0 Å². The van der Waals surface area contributed by atoms with E-state index in [2.05, 4.69) is 9.64 Å². The van der Waals surface area contributed by atoms with Crippen molar-refractivity contribution in [1.29, 1.82) is 0 Å². The van der Waals surface area contributed by atoms with Gasteiger partial charge in [0.1, 0.15) is 11.5 Å². The van der Waals surface area contributed by atoms with E-state index in [1.54, 1.807) is 12.1 Å². The van der Waals surface area contributed by atoms with Gasteiger partial charge in [-0.3, -0.25) is 4.79 Å². The normalized spacial score (nSPS) is 16.5. The van der Waals surface area contributed by atoms with Crippen LogP contribution in [-0.4, -0.2) is 46.9 Å². The first-order valence-corrected chi connectivity index (χ1v) is 11.2. The van der Waals surface area contributed by atoms with Crippen LogP contribution in [0.2, 0.25) is 0 Å². The Morgan fingerprint density at radius 1 is 1.03 bits per heavy atom. The molecule has 2 aromatic carbocycles. The van der Waals surface area contributed by atoms with Gasteiger partial charge in [0, 0.05) is 19.4 Å². The van der Waals surface area contributed by atoms with E-state index in [-0.39, 0.29) is 41.3 Å². The lowest BCUT2D eigenvalue weighted by atomic mass is 9.83. The molecule has 0 aromatic heterocycles. The van der Waals surface area contributed by atoms with Gasteiger partial charge in [0.05, 0.1) is 0 Å². The average Bonchev–Trinajstić information content (AvgIpc) is 3.24. The third kappa shape index (κ3) is 7.96. The Balaban J connectivity index is 1.61. The lowest BCUT2D eigenvalue weighted by Gasteiger charge is -2.28. The minimum Gasteiger partial charge on any atom is -0.504 e. The number of rotatable bonds is 10. The first kappa shape index (κ1) is 24.9. The molecule has 8 heteroatoms. The molecule has 0 radical (unpaired) electrons. The molecular weight excluding hydrogens is 435 g/mol. The average molecular weight is 466 g/mol. The lowest BCUT2D eigenvalue weighted by molar-refractivity contribution is -0.274. The third-order valence-corrected chi connectivity index (χ3v) is 6.14. The molecular formula is C25H30F3NO4. The second-order valence-corrected chi connectivity index (χ2v) is 8.88. The van der Waals surface area contributed by atoms with Gasteiger partial charge in [0.15, 0.2) is 11.5 Å². The summed E-state index contributed by atoms with van der Waals surface area (Å²) in [5.41, 5.74) is 1.54. The van der Waals surface area contributed by atoms with E-state index in [0.29, 0.717) is 18.4 Å². The van der Waals surface area contributed by atoms with Crippen LogP contribution in [0.25, 0.3) is 0 Å². The van der Waals surface area contributed by atoms with Crippen molar-refractivity contribution < 1.29 is 32.9 Å². The van der Waals surface area contributed by atoms with Crippen LogP contribution in [0.1, 0.15) is 37.3 Å². The zero-order chi connectivity index (χ0) is 24.0. The summed E-state index contributed by atoms with van der Waals surface area (Å²) < 4.78 is 40.8. The maximum atomic E-state index is 12.7. The number of nitrogens with zero attached hydrogens (tertiary/aromatic N) is 1. The molecule has 1 saturated heterocycles. The van der Waals surface area contributed by atoms with Crippen LogP contribution in [-0.2, 0) is 17.6 Å². The summed E-state index contributed by atoms with van der Waals surface area (Å²) in [5.74, 6) is -0.360. The van der Waals surface area contributed by atoms with Crippen molar-refractivity contribution in [3.63, 3.8) is 0 Å². The van der Waals surface area contributed by atoms with Gasteiger partial charge < -0.3 is 19.8 Å². The number of hydrogen-bond donors (Lipinski definition) is 2. The molecule has 1 fully saturated rings. The van der Waals surface area contributed by atoms with Gasteiger partial charge in [-0.15, -0.1) is 13.2 Å². The Morgan fingerprint density at radius 3 is 2.27 bits per heavy atom. The Kier molecular flexibility index (Phi) is 8.24. The van der Waals surface area contributed by atoms with Gasteiger partial charge >= 0.3 is 6.36 Å². The van der Waals surface area contributed by atoms with Gasteiger partial charge in [-0.05, 0) is 79.6 Å². The monoisotopic (exact) mass is 465 g/mol. The number of Topliss-reactive ketones (excluding diaryl/α,β-unsaturated/α-hetero) is 1. The highest BCUT2D eigenvalue weighted by Crippen LogP contribution is 2.30. The molecule has 1 heterocycles. The first-order chi connectivity index (χ1) is 15.6. The molecule has 3 rings (SSSR count). The molecule has 0 bridgehead atoms. The number of phenols is 2. The van der Waals surface area contributed by atoms with Gasteiger partial charge in [0.25, 0.3) is 0 Å². The number of phenolic OH excluding ortho intramolecular Hbond substituents is 2. The Hall–Kier alpha value is -2.74. The predicted molar refractivity (Wildman–Crippen MR) is 118 cm³/mol.